The summed E-state index contributed by atoms with van der Waals surface area (Å²) < 4.78 is 11.4. The Labute approximate surface area is 208 Å². The van der Waals surface area contributed by atoms with Crippen molar-refractivity contribution in [3.8, 4) is 5.75 Å². The molecule has 1 amide bonds. The number of rotatable bonds is 10. The molecule has 0 aliphatic rings. The number of benzene rings is 2. The van der Waals surface area contributed by atoms with Crippen LogP contribution in [0.15, 0.2) is 57.9 Å². The van der Waals surface area contributed by atoms with Gasteiger partial charge in [0, 0.05) is 40.5 Å². The summed E-state index contributed by atoms with van der Waals surface area (Å²) in [5, 5.41) is 14.1. The molecule has 8 heteroatoms. The highest BCUT2D eigenvalue weighted by Gasteiger charge is 2.26. The van der Waals surface area contributed by atoms with Gasteiger partial charge in [-0.05, 0) is 56.0 Å². The minimum Gasteiger partial charge on any atom is -0.480 e. The third-order valence-electron chi connectivity index (χ3n) is 6.38. The molecule has 2 heterocycles. The van der Waals surface area contributed by atoms with Crippen molar-refractivity contribution in [2.24, 2.45) is 0 Å². The maximum atomic E-state index is 12.9. The van der Waals surface area contributed by atoms with E-state index in [2.05, 4.69) is 17.2 Å². The van der Waals surface area contributed by atoms with Crippen molar-refractivity contribution in [3.05, 3.63) is 75.8 Å². The normalized spacial score (nSPS) is 13.0. The fourth-order valence-corrected chi connectivity index (χ4v) is 4.36. The Kier molecular flexibility index (Phi) is 7.43. The Hall–Kier alpha value is -4.07. The van der Waals surface area contributed by atoms with Crippen molar-refractivity contribution in [1.29, 1.82) is 0 Å². The van der Waals surface area contributed by atoms with Crippen LogP contribution in [0, 0.1) is 6.92 Å². The molecule has 0 spiro atoms. The Bertz CT molecular complexity index is 1470. The van der Waals surface area contributed by atoms with Crippen LogP contribution < -0.4 is 15.7 Å². The number of carbonyl (C=O) groups excluding carboxylic acids is 1. The predicted molar refractivity (Wildman–Crippen MR) is 137 cm³/mol. The fraction of sp³-hybridized carbons (Fsp3) is 0.321. The zero-order chi connectivity index (χ0) is 25.8. The number of aromatic nitrogens is 1. The molecule has 2 aromatic heterocycles. The van der Waals surface area contributed by atoms with Crippen LogP contribution in [-0.4, -0.2) is 34.1 Å². The lowest BCUT2D eigenvalue weighted by Gasteiger charge is -2.20. The number of carboxylic acids is 1. The molecule has 4 rings (SSSR count). The van der Waals surface area contributed by atoms with Gasteiger partial charge in [-0.25, -0.2) is 9.59 Å². The van der Waals surface area contributed by atoms with Gasteiger partial charge in [-0.15, -0.1) is 0 Å². The van der Waals surface area contributed by atoms with Gasteiger partial charge in [0.05, 0.1) is 0 Å². The molecule has 0 aliphatic carbocycles. The molecule has 36 heavy (non-hydrogen) atoms. The summed E-state index contributed by atoms with van der Waals surface area (Å²) >= 11 is 0. The number of aryl methyl sites for hydroxylation is 2. The number of H-pyrrole nitrogens is 1. The molecule has 0 aliphatic heterocycles. The Morgan fingerprint density at radius 1 is 1.14 bits per heavy atom. The Balaban J connectivity index is 1.50. The van der Waals surface area contributed by atoms with E-state index in [1.807, 2.05) is 30.3 Å². The van der Waals surface area contributed by atoms with Crippen molar-refractivity contribution >= 4 is 33.7 Å². The molecular formula is C28H30N2O6. The van der Waals surface area contributed by atoms with Gasteiger partial charge in [-0.2, -0.15) is 0 Å². The van der Waals surface area contributed by atoms with Crippen molar-refractivity contribution < 1.29 is 23.8 Å². The highest BCUT2D eigenvalue weighted by Crippen LogP contribution is 2.30. The van der Waals surface area contributed by atoms with E-state index in [0.717, 1.165) is 46.7 Å². The van der Waals surface area contributed by atoms with E-state index in [1.165, 1.54) is 6.07 Å². The van der Waals surface area contributed by atoms with Crippen molar-refractivity contribution in [2.75, 3.05) is 0 Å². The molecule has 0 saturated heterocycles. The van der Waals surface area contributed by atoms with Crippen LogP contribution in [-0.2, 0) is 22.4 Å². The number of fused-ring (bicyclic) bond motifs is 2. The average Bonchev–Trinajstić information content (AvgIpc) is 3.26. The first-order valence-corrected chi connectivity index (χ1v) is 12.1. The number of carbonyl (C=O) groups is 2. The number of para-hydroxylation sites is 1. The lowest BCUT2D eigenvalue weighted by molar-refractivity contribution is -0.142. The van der Waals surface area contributed by atoms with Crippen LogP contribution in [0.3, 0.4) is 0 Å². The predicted octanol–water partition coefficient (Wildman–Crippen LogP) is 4.50. The third-order valence-corrected chi connectivity index (χ3v) is 6.38. The van der Waals surface area contributed by atoms with E-state index < -0.39 is 29.6 Å². The van der Waals surface area contributed by atoms with Gasteiger partial charge in [-0.1, -0.05) is 31.5 Å². The molecule has 3 N–H and O–H groups in total. The van der Waals surface area contributed by atoms with Crippen LogP contribution in [0.1, 0.15) is 43.4 Å². The van der Waals surface area contributed by atoms with Gasteiger partial charge in [0.1, 0.15) is 17.4 Å². The molecule has 188 valence electrons. The number of unbranched alkanes of at least 4 members (excludes halogenated alkanes) is 1. The zero-order valence-corrected chi connectivity index (χ0v) is 20.6. The lowest BCUT2D eigenvalue weighted by atomic mass is 10.0. The maximum Gasteiger partial charge on any atom is 0.336 e. The number of aromatic amines is 1. The van der Waals surface area contributed by atoms with Gasteiger partial charge in [0.2, 0.25) is 0 Å². The second kappa shape index (κ2) is 10.7. The van der Waals surface area contributed by atoms with Crippen LogP contribution >= 0.6 is 0 Å². The van der Waals surface area contributed by atoms with Crippen molar-refractivity contribution in [2.45, 2.75) is 58.6 Å². The molecular weight excluding hydrogens is 460 g/mol. The molecule has 4 aromatic rings. The van der Waals surface area contributed by atoms with Gasteiger partial charge in [-0.3, -0.25) is 4.79 Å². The van der Waals surface area contributed by atoms with Crippen LogP contribution in [0.5, 0.6) is 5.75 Å². The summed E-state index contributed by atoms with van der Waals surface area (Å²) in [6.07, 6.45) is 3.64. The number of hydrogen-bond acceptors (Lipinski definition) is 5. The van der Waals surface area contributed by atoms with Gasteiger partial charge in [0.15, 0.2) is 6.10 Å². The fourth-order valence-electron chi connectivity index (χ4n) is 4.36. The van der Waals surface area contributed by atoms with Crippen molar-refractivity contribution in [1.82, 2.24) is 10.3 Å². The van der Waals surface area contributed by atoms with E-state index in [0.29, 0.717) is 16.9 Å². The highest BCUT2D eigenvalue weighted by molar-refractivity contribution is 5.89. The molecule has 0 radical (unpaired) electrons. The number of ether oxygens (including phenoxy) is 1. The first kappa shape index (κ1) is 25.0. The SMILES string of the molecule is CCCCc1cc(=O)oc2c(C)c(O[C@H](C)C(=O)N[C@@H](Cc3c[nH]c4ccccc34)C(=O)O)ccc12. The Morgan fingerprint density at radius 2 is 1.92 bits per heavy atom. The largest absolute Gasteiger partial charge is 0.480 e. The van der Waals surface area contributed by atoms with E-state index in [1.54, 1.807) is 26.1 Å². The minimum atomic E-state index is -1.14. The van der Waals surface area contributed by atoms with Crippen molar-refractivity contribution in [3.63, 3.8) is 0 Å². The summed E-state index contributed by atoms with van der Waals surface area (Å²) in [7, 11) is 0. The summed E-state index contributed by atoms with van der Waals surface area (Å²) in [6.45, 7) is 5.41. The van der Waals surface area contributed by atoms with Crippen LogP contribution in [0.25, 0.3) is 21.9 Å². The highest BCUT2D eigenvalue weighted by atomic mass is 16.5. The minimum absolute atomic E-state index is 0.124. The van der Waals surface area contributed by atoms with E-state index >= 15 is 0 Å². The summed E-state index contributed by atoms with van der Waals surface area (Å²) in [6, 6.07) is 11.6. The number of amides is 1. The smallest absolute Gasteiger partial charge is 0.336 e. The molecule has 0 bridgehead atoms. The standard InChI is InChI=1S/C28H30N2O6/c1-4-5-8-18-14-25(31)36-26-16(2)24(12-11-21(18)26)35-17(3)27(32)30-23(28(33)34)13-19-15-29-22-10-7-6-9-20(19)22/h6-7,9-12,14-15,17,23,29H,4-5,8,13H2,1-3H3,(H,30,32)(H,33,34)/t17-,23+/m1/s1. The van der Waals surface area contributed by atoms with Gasteiger partial charge >= 0.3 is 11.6 Å². The molecule has 2 atom stereocenters. The number of aliphatic carboxylic acids is 1. The molecule has 0 unspecified atom stereocenters. The summed E-state index contributed by atoms with van der Waals surface area (Å²) in [5.74, 6) is -1.30. The second-order valence-corrected chi connectivity index (χ2v) is 8.98. The molecule has 0 saturated carbocycles. The van der Waals surface area contributed by atoms with Crippen LogP contribution in [0.4, 0.5) is 0 Å². The topological polar surface area (TPSA) is 122 Å². The van der Waals surface area contributed by atoms with E-state index in [4.69, 9.17) is 9.15 Å². The molecule has 0 fully saturated rings. The van der Waals surface area contributed by atoms with E-state index in [9.17, 15) is 19.5 Å². The first-order valence-electron chi connectivity index (χ1n) is 12.1. The maximum absolute atomic E-state index is 12.9. The monoisotopic (exact) mass is 490 g/mol. The third kappa shape index (κ3) is 5.27. The first-order chi connectivity index (χ1) is 17.3. The Morgan fingerprint density at radius 3 is 2.67 bits per heavy atom. The molecule has 8 nitrogen and oxygen atoms in total. The number of nitrogens with one attached hydrogen (secondary N) is 2. The van der Waals surface area contributed by atoms with Crippen LogP contribution in [0.2, 0.25) is 0 Å². The molecule has 2 aromatic carbocycles. The van der Waals surface area contributed by atoms with E-state index in [-0.39, 0.29) is 6.42 Å². The van der Waals surface area contributed by atoms with Gasteiger partial charge in [0.25, 0.3) is 5.91 Å². The van der Waals surface area contributed by atoms with Gasteiger partial charge < -0.3 is 24.6 Å². The summed E-state index contributed by atoms with van der Waals surface area (Å²) in [4.78, 5) is 40.0. The second-order valence-electron chi connectivity index (χ2n) is 8.98. The number of carboxylic acid groups (broad SMARTS) is 1. The quantitative estimate of drug-likeness (QED) is 0.281. The lowest BCUT2D eigenvalue weighted by Crippen LogP contribution is -2.47. The summed E-state index contributed by atoms with van der Waals surface area (Å²) in [5.41, 5.74) is 3.23. The average molecular weight is 491 g/mol. The number of hydrogen-bond donors (Lipinski definition) is 3. The zero-order valence-electron chi connectivity index (χ0n) is 20.6.